The predicted molar refractivity (Wildman–Crippen MR) is 150 cm³/mol. The first-order chi connectivity index (χ1) is 17.6. The van der Waals surface area contributed by atoms with Crippen molar-refractivity contribution in [3.05, 3.63) is 120 Å². The second kappa shape index (κ2) is 6.89. The lowest BCUT2D eigenvalue weighted by molar-refractivity contribution is 0.563. The molecule has 0 saturated heterocycles. The van der Waals surface area contributed by atoms with Crippen LogP contribution in [0.15, 0.2) is 102 Å². The summed E-state index contributed by atoms with van der Waals surface area (Å²) in [5.41, 5.74) is 11.1. The Morgan fingerprint density at radius 1 is 0.722 bits per heavy atom. The zero-order chi connectivity index (χ0) is 24.0. The van der Waals surface area contributed by atoms with Crippen molar-refractivity contribution in [3.63, 3.8) is 0 Å². The molecule has 2 aliphatic carbocycles. The average Bonchev–Trinajstić information content (AvgIpc) is 3.41. The molecule has 0 atom stereocenters. The minimum atomic E-state index is -0.0490. The van der Waals surface area contributed by atoms with Gasteiger partial charge in [-0.25, -0.2) is 0 Å². The summed E-state index contributed by atoms with van der Waals surface area (Å²) >= 11 is 0. The minimum absolute atomic E-state index is 0.0490. The number of hydrogen-bond acceptors (Lipinski definition) is 1. The molecule has 2 aromatic heterocycles. The number of rotatable bonds is 1. The molecule has 36 heavy (non-hydrogen) atoms. The molecule has 0 aliphatic heterocycles. The number of para-hydroxylation sites is 2. The van der Waals surface area contributed by atoms with Crippen molar-refractivity contribution in [3.8, 4) is 16.8 Å². The van der Waals surface area contributed by atoms with Gasteiger partial charge in [0.15, 0.2) is 5.58 Å². The molecular weight excluding hydrogens is 438 g/mol. The Morgan fingerprint density at radius 2 is 1.56 bits per heavy atom. The Bertz CT molecular complexity index is 1940. The van der Waals surface area contributed by atoms with Crippen molar-refractivity contribution in [2.24, 2.45) is 0 Å². The van der Waals surface area contributed by atoms with E-state index in [1.54, 1.807) is 0 Å². The van der Waals surface area contributed by atoms with Gasteiger partial charge in [-0.3, -0.25) is 0 Å². The summed E-state index contributed by atoms with van der Waals surface area (Å²) in [7, 11) is 0. The second-order valence-electron chi connectivity index (χ2n) is 10.5. The highest BCUT2D eigenvalue weighted by atomic mass is 16.3. The van der Waals surface area contributed by atoms with Crippen LogP contribution >= 0.6 is 0 Å². The second-order valence-corrected chi connectivity index (χ2v) is 10.5. The van der Waals surface area contributed by atoms with Crippen LogP contribution in [0.25, 0.3) is 55.7 Å². The van der Waals surface area contributed by atoms with Crippen LogP contribution in [0.2, 0.25) is 0 Å². The Hall–Kier alpha value is -4.30. The molecule has 6 aromatic rings. The third-order valence-electron chi connectivity index (χ3n) is 8.24. The van der Waals surface area contributed by atoms with Gasteiger partial charge in [0.05, 0.1) is 16.7 Å². The molecule has 0 bridgehead atoms. The van der Waals surface area contributed by atoms with Gasteiger partial charge >= 0.3 is 0 Å². The van der Waals surface area contributed by atoms with Crippen LogP contribution < -0.4 is 0 Å². The molecule has 0 N–H and O–H groups in total. The van der Waals surface area contributed by atoms with Crippen LogP contribution in [-0.2, 0) is 11.8 Å². The van der Waals surface area contributed by atoms with E-state index >= 15 is 0 Å². The quantitative estimate of drug-likeness (QED) is 0.238. The summed E-state index contributed by atoms with van der Waals surface area (Å²) in [5.74, 6) is 1.03. The first-order valence-corrected chi connectivity index (χ1v) is 12.7. The van der Waals surface area contributed by atoms with E-state index in [1.807, 2.05) is 0 Å². The zero-order valence-electron chi connectivity index (χ0n) is 20.4. The van der Waals surface area contributed by atoms with Gasteiger partial charge in [-0.1, -0.05) is 92.7 Å². The number of nitrogens with zero attached hydrogens (tertiary/aromatic N) is 1. The zero-order valence-corrected chi connectivity index (χ0v) is 20.4. The van der Waals surface area contributed by atoms with Gasteiger partial charge < -0.3 is 8.98 Å². The van der Waals surface area contributed by atoms with Gasteiger partial charge in [0.25, 0.3) is 0 Å². The van der Waals surface area contributed by atoms with E-state index in [-0.39, 0.29) is 5.41 Å². The fourth-order valence-corrected chi connectivity index (χ4v) is 6.51. The van der Waals surface area contributed by atoms with Crippen LogP contribution in [0.3, 0.4) is 0 Å². The molecule has 8 rings (SSSR count). The normalized spacial score (nSPS) is 15.4. The van der Waals surface area contributed by atoms with Crippen LogP contribution in [-0.4, -0.2) is 4.57 Å². The van der Waals surface area contributed by atoms with Crippen LogP contribution in [0.1, 0.15) is 36.3 Å². The van der Waals surface area contributed by atoms with Gasteiger partial charge in [0, 0.05) is 33.6 Å². The number of benzene rings is 4. The van der Waals surface area contributed by atoms with E-state index in [0.717, 1.165) is 23.5 Å². The minimum Gasteiger partial charge on any atom is -0.458 e. The number of allylic oxidation sites excluding steroid dienone is 3. The molecule has 2 aliphatic rings. The largest absolute Gasteiger partial charge is 0.458 e. The molecule has 0 saturated carbocycles. The van der Waals surface area contributed by atoms with Crippen molar-refractivity contribution in [1.82, 2.24) is 4.57 Å². The molecule has 2 heteroatoms. The molecule has 2 heterocycles. The van der Waals surface area contributed by atoms with Gasteiger partial charge in [-0.05, 0) is 46.5 Å². The van der Waals surface area contributed by atoms with E-state index in [4.69, 9.17) is 4.42 Å². The topological polar surface area (TPSA) is 18.1 Å². The van der Waals surface area contributed by atoms with Gasteiger partial charge in [-0.2, -0.15) is 0 Å². The highest BCUT2D eigenvalue weighted by Gasteiger charge is 2.36. The summed E-state index contributed by atoms with van der Waals surface area (Å²) < 4.78 is 9.00. The molecular formula is C34H25NO. The van der Waals surface area contributed by atoms with E-state index in [9.17, 15) is 0 Å². The van der Waals surface area contributed by atoms with Crippen LogP contribution in [0, 0.1) is 0 Å². The van der Waals surface area contributed by atoms with Crippen LogP contribution in [0.5, 0.6) is 0 Å². The monoisotopic (exact) mass is 463 g/mol. The average molecular weight is 464 g/mol. The van der Waals surface area contributed by atoms with Gasteiger partial charge in [0.2, 0.25) is 0 Å². The number of furan rings is 1. The molecule has 0 spiro atoms. The maximum absolute atomic E-state index is 6.58. The van der Waals surface area contributed by atoms with E-state index in [1.165, 1.54) is 55.0 Å². The highest BCUT2D eigenvalue weighted by molar-refractivity contribution is 6.12. The summed E-state index contributed by atoms with van der Waals surface area (Å²) in [6.07, 6.45) is 9.35. The van der Waals surface area contributed by atoms with Gasteiger partial charge in [0.1, 0.15) is 5.76 Å². The maximum atomic E-state index is 6.58. The Balaban J connectivity index is 1.50. The summed E-state index contributed by atoms with van der Waals surface area (Å²) in [6, 6.07) is 29.0. The van der Waals surface area contributed by atoms with E-state index < -0.39 is 0 Å². The Labute approximate surface area is 209 Å². The molecule has 4 aromatic carbocycles. The summed E-state index contributed by atoms with van der Waals surface area (Å²) in [5, 5.41) is 3.72. The van der Waals surface area contributed by atoms with Crippen molar-refractivity contribution < 1.29 is 4.42 Å². The standard InChI is InChI=1S/C34H25NO/c1-34(2)27-15-8-6-11-21(27)25-19-26-22-12-7-9-16-29(22)35(31(26)20-28(25)34)30-17-10-14-24-23-13-4-3-5-18-32(23)36-33(24)30/h3-17,19-20H,18H2,1-2H3. The lowest BCUT2D eigenvalue weighted by Crippen LogP contribution is -2.14. The van der Waals surface area contributed by atoms with E-state index in [0.29, 0.717) is 0 Å². The maximum Gasteiger partial charge on any atom is 0.158 e. The Morgan fingerprint density at radius 3 is 2.50 bits per heavy atom. The molecule has 2 nitrogen and oxygen atoms in total. The fourth-order valence-electron chi connectivity index (χ4n) is 6.51. The van der Waals surface area contributed by atoms with Crippen molar-refractivity contribution in [2.75, 3.05) is 0 Å². The Kier molecular flexibility index (Phi) is 3.82. The lowest BCUT2D eigenvalue weighted by atomic mass is 9.82. The molecule has 0 unspecified atom stereocenters. The molecule has 0 fully saturated rings. The molecule has 0 radical (unpaired) electrons. The fraction of sp³-hybridized carbons (Fsp3) is 0.118. The highest BCUT2D eigenvalue weighted by Crippen LogP contribution is 2.51. The van der Waals surface area contributed by atoms with Crippen molar-refractivity contribution in [1.29, 1.82) is 0 Å². The first kappa shape index (κ1) is 19.9. The smallest absolute Gasteiger partial charge is 0.158 e. The summed E-state index contributed by atoms with van der Waals surface area (Å²) in [6.45, 7) is 4.70. The molecule has 172 valence electrons. The predicted octanol–water partition coefficient (Wildman–Crippen LogP) is 8.96. The van der Waals surface area contributed by atoms with Crippen molar-refractivity contribution in [2.45, 2.75) is 25.7 Å². The summed E-state index contributed by atoms with van der Waals surface area (Å²) in [4.78, 5) is 0. The van der Waals surface area contributed by atoms with E-state index in [2.05, 4.69) is 122 Å². The van der Waals surface area contributed by atoms with Gasteiger partial charge in [-0.15, -0.1) is 0 Å². The van der Waals surface area contributed by atoms with Crippen molar-refractivity contribution >= 4 is 38.9 Å². The number of fused-ring (bicyclic) bond motifs is 9. The third-order valence-corrected chi connectivity index (χ3v) is 8.24. The third kappa shape index (κ3) is 2.46. The SMILES string of the molecule is CC1(C)c2ccccc2-c2cc3c4ccccc4n(-c4cccc5c6c(oc45)CC=CC=C6)c3cc21. The first-order valence-electron chi connectivity index (χ1n) is 12.7. The van der Waals surface area contributed by atoms with Crippen LogP contribution in [0.4, 0.5) is 0 Å². The molecule has 0 amide bonds. The lowest BCUT2D eigenvalue weighted by Gasteiger charge is -2.21. The number of hydrogen-bond donors (Lipinski definition) is 0. The number of aromatic nitrogens is 1.